The number of benzene rings is 1. The average molecular weight is 318 g/mol. The number of nitro benzene ring substituents is 1. The van der Waals surface area contributed by atoms with Crippen LogP contribution in [-0.2, 0) is 0 Å². The molecule has 0 aromatic heterocycles. The van der Waals surface area contributed by atoms with E-state index in [2.05, 4.69) is 5.32 Å². The van der Waals surface area contributed by atoms with E-state index in [0.29, 0.717) is 5.92 Å². The molecule has 1 aromatic rings. The zero-order valence-electron chi connectivity index (χ0n) is 11.5. The molecule has 0 saturated heterocycles. The predicted octanol–water partition coefficient (Wildman–Crippen LogP) is 2.01. The summed E-state index contributed by atoms with van der Waals surface area (Å²) >= 11 is 0. The molecule has 1 aliphatic carbocycles. The summed E-state index contributed by atoms with van der Waals surface area (Å²) in [7, 11) is 0. The second-order valence-electron chi connectivity index (χ2n) is 5.31. The van der Waals surface area contributed by atoms with E-state index >= 15 is 0 Å². The van der Waals surface area contributed by atoms with Crippen molar-refractivity contribution in [1.82, 2.24) is 5.32 Å². The van der Waals surface area contributed by atoms with E-state index in [0.717, 1.165) is 31.0 Å². The van der Waals surface area contributed by atoms with Crippen LogP contribution in [0.4, 0.5) is 10.1 Å². The second kappa shape index (κ2) is 6.36. The smallest absolute Gasteiger partial charge is 0.273 e. The van der Waals surface area contributed by atoms with Crippen LogP contribution in [0, 0.1) is 21.8 Å². The first-order valence-corrected chi connectivity index (χ1v) is 6.33. The number of nitrogens with one attached hydrogen (secondary N) is 1. The number of hydrogen-bond acceptors (Lipinski definition) is 4. The molecular weight excluding hydrogens is 301 g/mol. The molecule has 1 amide bonds. The molecular formula is C13H17ClFN3O3. The lowest BCUT2D eigenvalue weighted by atomic mass is 9.95. The summed E-state index contributed by atoms with van der Waals surface area (Å²) in [6.07, 6.45) is 1.97. The fourth-order valence-corrected chi connectivity index (χ4v) is 2.18. The molecule has 3 N–H and O–H groups in total. The Hall–Kier alpha value is -1.73. The van der Waals surface area contributed by atoms with Crippen molar-refractivity contribution >= 4 is 24.0 Å². The van der Waals surface area contributed by atoms with Gasteiger partial charge < -0.3 is 11.1 Å². The summed E-state index contributed by atoms with van der Waals surface area (Å²) in [4.78, 5) is 22.1. The lowest BCUT2D eigenvalue weighted by molar-refractivity contribution is -0.385. The fourth-order valence-electron chi connectivity index (χ4n) is 2.18. The maximum absolute atomic E-state index is 13.3. The number of nitrogens with two attached hydrogens (primary N) is 1. The summed E-state index contributed by atoms with van der Waals surface area (Å²) in [5, 5.41) is 13.4. The van der Waals surface area contributed by atoms with Crippen molar-refractivity contribution in [2.75, 3.05) is 6.54 Å². The van der Waals surface area contributed by atoms with Crippen molar-refractivity contribution < 1.29 is 14.1 Å². The van der Waals surface area contributed by atoms with Gasteiger partial charge in [-0.05, 0) is 31.7 Å². The molecule has 0 radical (unpaired) electrons. The first-order valence-electron chi connectivity index (χ1n) is 6.33. The normalized spacial score (nSPS) is 16.5. The lowest BCUT2D eigenvalue weighted by Gasteiger charge is -2.29. The summed E-state index contributed by atoms with van der Waals surface area (Å²) in [5.41, 5.74) is 4.61. The molecule has 6 nitrogen and oxygen atoms in total. The molecule has 2 rings (SSSR count). The van der Waals surface area contributed by atoms with Gasteiger partial charge in [0, 0.05) is 18.2 Å². The number of nitrogens with zero attached hydrogens (tertiary/aromatic N) is 1. The quantitative estimate of drug-likeness (QED) is 0.641. The molecule has 1 atom stereocenters. The Bertz CT molecular complexity index is 566. The number of non-ortho nitro benzene ring substituents is 1. The Labute approximate surface area is 127 Å². The van der Waals surface area contributed by atoms with Gasteiger partial charge in [-0.3, -0.25) is 14.9 Å². The third-order valence-electron chi connectivity index (χ3n) is 3.66. The van der Waals surface area contributed by atoms with Gasteiger partial charge >= 0.3 is 0 Å². The number of halogens is 2. The molecule has 0 aliphatic heterocycles. The van der Waals surface area contributed by atoms with Gasteiger partial charge in [0.1, 0.15) is 5.82 Å². The maximum atomic E-state index is 13.3. The van der Waals surface area contributed by atoms with Gasteiger partial charge in [-0.15, -0.1) is 12.4 Å². The molecule has 1 fully saturated rings. The second-order valence-corrected chi connectivity index (χ2v) is 5.31. The Kier molecular flexibility index (Phi) is 5.25. The van der Waals surface area contributed by atoms with Crippen LogP contribution in [0.3, 0.4) is 0 Å². The number of carbonyl (C=O) groups is 1. The zero-order chi connectivity index (χ0) is 14.9. The van der Waals surface area contributed by atoms with Crippen LogP contribution < -0.4 is 11.1 Å². The van der Waals surface area contributed by atoms with E-state index < -0.39 is 27.9 Å². The topological polar surface area (TPSA) is 98.3 Å². The predicted molar refractivity (Wildman–Crippen MR) is 78.0 cm³/mol. The lowest BCUT2D eigenvalue weighted by Crippen LogP contribution is -2.53. The van der Waals surface area contributed by atoms with Crippen molar-refractivity contribution in [1.29, 1.82) is 0 Å². The molecule has 0 spiro atoms. The van der Waals surface area contributed by atoms with Crippen molar-refractivity contribution in [2.24, 2.45) is 11.7 Å². The maximum Gasteiger partial charge on any atom is 0.273 e. The molecule has 1 saturated carbocycles. The van der Waals surface area contributed by atoms with Gasteiger partial charge in [0.15, 0.2) is 0 Å². The van der Waals surface area contributed by atoms with E-state index in [1.165, 1.54) is 0 Å². The molecule has 1 unspecified atom stereocenters. The number of carbonyl (C=O) groups excluding carboxylic acids is 1. The largest absolute Gasteiger partial charge is 0.345 e. The van der Waals surface area contributed by atoms with Crippen LogP contribution in [0.5, 0.6) is 0 Å². The molecule has 21 heavy (non-hydrogen) atoms. The first kappa shape index (κ1) is 17.3. The Morgan fingerprint density at radius 3 is 2.62 bits per heavy atom. The zero-order valence-corrected chi connectivity index (χ0v) is 12.3. The highest BCUT2D eigenvalue weighted by Gasteiger charge is 2.41. The van der Waals surface area contributed by atoms with Crippen LogP contribution >= 0.6 is 12.4 Å². The molecule has 8 heteroatoms. The van der Waals surface area contributed by atoms with Gasteiger partial charge in [-0.25, -0.2) is 4.39 Å². The van der Waals surface area contributed by atoms with Gasteiger partial charge in [0.25, 0.3) is 11.6 Å². The van der Waals surface area contributed by atoms with Gasteiger partial charge in [-0.1, -0.05) is 0 Å². The highest BCUT2D eigenvalue weighted by molar-refractivity contribution is 5.95. The Balaban J connectivity index is 0.00000220. The van der Waals surface area contributed by atoms with Crippen molar-refractivity contribution in [3.05, 3.63) is 39.7 Å². The average Bonchev–Trinajstić information content (AvgIpc) is 3.22. The van der Waals surface area contributed by atoms with Gasteiger partial charge in [-0.2, -0.15) is 0 Å². The van der Waals surface area contributed by atoms with Crippen molar-refractivity contribution in [2.45, 2.75) is 25.3 Å². The third-order valence-corrected chi connectivity index (χ3v) is 3.66. The standard InChI is InChI=1S/C13H16FN3O3.ClH/c1-13(7-15,9-2-3-9)16-12(18)8-4-10(14)6-11(5-8)17(19)20;/h4-6,9H,2-3,7,15H2,1H3,(H,16,18);1H. The fraction of sp³-hybridized carbons (Fsp3) is 0.462. The van der Waals surface area contributed by atoms with Crippen molar-refractivity contribution in [3.63, 3.8) is 0 Å². The summed E-state index contributed by atoms with van der Waals surface area (Å²) in [5.74, 6) is -1.06. The highest BCUT2D eigenvalue weighted by atomic mass is 35.5. The summed E-state index contributed by atoms with van der Waals surface area (Å²) in [6.45, 7) is 2.09. The van der Waals surface area contributed by atoms with E-state index in [4.69, 9.17) is 5.73 Å². The van der Waals surface area contributed by atoms with Crippen LogP contribution in [0.15, 0.2) is 18.2 Å². The van der Waals surface area contributed by atoms with Crippen molar-refractivity contribution in [3.8, 4) is 0 Å². The minimum absolute atomic E-state index is 0. The Morgan fingerprint density at radius 1 is 1.52 bits per heavy atom. The highest BCUT2D eigenvalue weighted by Crippen LogP contribution is 2.39. The van der Waals surface area contributed by atoms with Crippen LogP contribution in [0.2, 0.25) is 0 Å². The minimum Gasteiger partial charge on any atom is -0.345 e. The van der Waals surface area contributed by atoms with Crippen LogP contribution in [0.25, 0.3) is 0 Å². The number of amides is 1. The summed E-state index contributed by atoms with van der Waals surface area (Å²) < 4.78 is 13.3. The van der Waals surface area contributed by atoms with Crippen LogP contribution in [-0.4, -0.2) is 22.9 Å². The number of hydrogen-bond donors (Lipinski definition) is 2. The Morgan fingerprint density at radius 2 is 2.14 bits per heavy atom. The van der Waals surface area contributed by atoms with E-state index in [9.17, 15) is 19.3 Å². The molecule has 116 valence electrons. The molecule has 1 aromatic carbocycles. The van der Waals surface area contributed by atoms with E-state index in [1.54, 1.807) is 0 Å². The number of nitro groups is 1. The first-order chi connectivity index (χ1) is 9.35. The SMILES string of the molecule is CC(CN)(NC(=O)c1cc(F)cc([N+](=O)[O-])c1)C1CC1.Cl. The third kappa shape index (κ3) is 3.89. The van der Waals surface area contributed by atoms with Gasteiger partial charge in [0.05, 0.1) is 16.5 Å². The van der Waals surface area contributed by atoms with Gasteiger partial charge in [0.2, 0.25) is 0 Å². The minimum atomic E-state index is -0.815. The van der Waals surface area contributed by atoms with Crippen LogP contribution in [0.1, 0.15) is 30.1 Å². The molecule has 1 aliphatic rings. The van der Waals surface area contributed by atoms with E-state index in [1.807, 2.05) is 6.92 Å². The molecule has 0 bridgehead atoms. The monoisotopic (exact) mass is 317 g/mol. The summed E-state index contributed by atoms with van der Waals surface area (Å²) in [6, 6.07) is 2.81. The number of rotatable bonds is 5. The molecule has 0 heterocycles. The van der Waals surface area contributed by atoms with E-state index in [-0.39, 0.29) is 24.5 Å².